The minimum absolute atomic E-state index is 0.0279. The number of nitrogens with zero attached hydrogens (tertiary/aromatic N) is 5. The summed E-state index contributed by atoms with van der Waals surface area (Å²) in [6, 6.07) is 12.2. The van der Waals surface area contributed by atoms with Gasteiger partial charge in [-0.05, 0) is 37.1 Å². The highest BCUT2D eigenvalue weighted by Gasteiger charge is 2.52. The second-order valence-corrected chi connectivity index (χ2v) is 6.69. The smallest absolute Gasteiger partial charge is 0.311 e. The highest BCUT2D eigenvalue weighted by Crippen LogP contribution is 2.38. The first-order chi connectivity index (χ1) is 13.5. The van der Waals surface area contributed by atoms with E-state index in [9.17, 15) is 10.1 Å². The van der Waals surface area contributed by atoms with Gasteiger partial charge in [0.2, 0.25) is 11.4 Å². The van der Waals surface area contributed by atoms with Gasteiger partial charge in [-0.1, -0.05) is 17.1 Å². The first-order valence-electron chi connectivity index (χ1n) is 8.67. The largest absolute Gasteiger partial charge is 0.379 e. The molecular formula is C20H15N5O3. The van der Waals surface area contributed by atoms with Gasteiger partial charge in [0.1, 0.15) is 0 Å². The monoisotopic (exact) mass is 373 g/mol. The molecule has 0 amide bonds. The number of oxime groups is 1. The van der Waals surface area contributed by atoms with Gasteiger partial charge in [0.25, 0.3) is 0 Å². The standard InChI is InChI=1S/C20H15N5O3/c1-14-5-7-17(25(26)27)19(22-14)24-10-9-20(13-24)18(23-28-20)8-6-15-3-2-4-16(11-15)12-21/h2-5,7,11H,9-10,13H2,1H3. The van der Waals surface area contributed by atoms with Crippen LogP contribution in [0.15, 0.2) is 41.6 Å². The van der Waals surface area contributed by atoms with Gasteiger partial charge in [-0.3, -0.25) is 10.1 Å². The van der Waals surface area contributed by atoms with Crippen molar-refractivity contribution in [3.8, 4) is 17.9 Å². The van der Waals surface area contributed by atoms with Crippen molar-refractivity contribution in [1.29, 1.82) is 5.26 Å². The van der Waals surface area contributed by atoms with Crippen LogP contribution in [0.2, 0.25) is 0 Å². The van der Waals surface area contributed by atoms with Crippen LogP contribution in [0, 0.1) is 40.2 Å². The zero-order valence-electron chi connectivity index (χ0n) is 15.0. The van der Waals surface area contributed by atoms with Crippen LogP contribution in [-0.4, -0.2) is 34.3 Å². The summed E-state index contributed by atoms with van der Waals surface area (Å²) in [5.41, 5.74) is 1.88. The molecule has 1 aromatic heterocycles. The van der Waals surface area contributed by atoms with E-state index in [1.807, 2.05) is 11.0 Å². The average Bonchev–Trinajstić information content (AvgIpc) is 3.15. The predicted molar refractivity (Wildman–Crippen MR) is 102 cm³/mol. The Morgan fingerprint density at radius 3 is 2.82 bits per heavy atom. The molecule has 1 atom stereocenters. The first-order valence-corrected chi connectivity index (χ1v) is 8.67. The van der Waals surface area contributed by atoms with Gasteiger partial charge < -0.3 is 9.74 Å². The van der Waals surface area contributed by atoms with Crippen molar-refractivity contribution < 1.29 is 9.76 Å². The van der Waals surface area contributed by atoms with Crippen LogP contribution in [0.1, 0.15) is 23.2 Å². The van der Waals surface area contributed by atoms with Crippen molar-refractivity contribution in [2.45, 2.75) is 18.9 Å². The van der Waals surface area contributed by atoms with Crippen LogP contribution in [0.3, 0.4) is 0 Å². The Kier molecular flexibility index (Phi) is 4.17. The maximum atomic E-state index is 11.3. The lowest BCUT2D eigenvalue weighted by molar-refractivity contribution is -0.384. The summed E-state index contributed by atoms with van der Waals surface area (Å²) in [5, 5.41) is 24.3. The van der Waals surface area contributed by atoms with E-state index in [0.29, 0.717) is 42.3 Å². The van der Waals surface area contributed by atoms with Crippen LogP contribution >= 0.6 is 0 Å². The number of nitro groups is 1. The van der Waals surface area contributed by atoms with E-state index in [1.165, 1.54) is 6.07 Å². The van der Waals surface area contributed by atoms with Gasteiger partial charge in [0, 0.05) is 30.3 Å². The number of rotatable bonds is 2. The Labute approximate surface area is 161 Å². The molecule has 8 heteroatoms. The summed E-state index contributed by atoms with van der Waals surface area (Å²) in [4.78, 5) is 22.6. The van der Waals surface area contributed by atoms with Crippen LogP contribution in [0.4, 0.5) is 11.5 Å². The van der Waals surface area contributed by atoms with Crippen LogP contribution < -0.4 is 4.90 Å². The van der Waals surface area contributed by atoms with E-state index >= 15 is 0 Å². The van der Waals surface area contributed by atoms with Crippen LogP contribution in [-0.2, 0) is 4.84 Å². The van der Waals surface area contributed by atoms with Gasteiger partial charge >= 0.3 is 5.69 Å². The van der Waals surface area contributed by atoms with E-state index in [-0.39, 0.29) is 5.69 Å². The highest BCUT2D eigenvalue weighted by molar-refractivity contribution is 6.09. The van der Waals surface area contributed by atoms with E-state index in [0.717, 1.165) is 5.56 Å². The fourth-order valence-corrected chi connectivity index (χ4v) is 3.30. The number of anilines is 1. The maximum Gasteiger partial charge on any atom is 0.311 e. The number of nitriles is 1. The zero-order chi connectivity index (χ0) is 19.7. The number of hydrogen-bond donors (Lipinski definition) is 0. The quantitative estimate of drug-likeness (QED) is 0.455. The second-order valence-electron chi connectivity index (χ2n) is 6.69. The van der Waals surface area contributed by atoms with Crippen molar-refractivity contribution in [3.63, 3.8) is 0 Å². The van der Waals surface area contributed by atoms with E-state index < -0.39 is 10.5 Å². The first kappa shape index (κ1) is 17.5. The molecule has 8 nitrogen and oxygen atoms in total. The molecule has 0 N–H and O–H groups in total. The Morgan fingerprint density at radius 2 is 2.11 bits per heavy atom. The Morgan fingerprint density at radius 1 is 1.29 bits per heavy atom. The van der Waals surface area contributed by atoms with E-state index in [4.69, 9.17) is 10.1 Å². The molecule has 0 aliphatic carbocycles. The number of hydrogen-bond acceptors (Lipinski definition) is 7. The average molecular weight is 373 g/mol. The van der Waals surface area contributed by atoms with Crippen LogP contribution in [0.25, 0.3) is 0 Å². The molecule has 4 rings (SSSR count). The molecule has 1 saturated heterocycles. The van der Waals surface area contributed by atoms with Gasteiger partial charge in [-0.15, -0.1) is 0 Å². The number of benzene rings is 1. The molecule has 28 heavy (non-hydrogen) atoms. The molecule has 138 valence electrons. The molecule has 2 aromatic rings. The SMILES string of the molecule is Cc1ccc([N+](=O)[O-])c(N2CCC3(C2)ON=C3C#Cc2cccc(C#N)c2)n1. The van der Waals surface area contributed by atoms with Crippen molar-refractivity contribution in [2.75, 3.05) is 18.0 Å². The fraction of sp³-hybridized carbons (Fsp3) is 0.250. The lowest BCUT2D eigenvalue weighted by Gasteiger charge is -2.32. The van der Waals surface area contributed by atoms with Crippen LogP contribution in [0.5, 0.6) is 0 Å². The molecule has 1 spiro atoms. The molecular weight excluding hydrogens is 358 g/mol. The number of aryl methyl sites for hydroxylation is 1. The summed E-state index contributed by atoms with van der Waals surface area (Å²) in [7, 11) is 0. The molecule has 1 fully saturated rings. The van der Waals surface area contributed by atoms with Crippen molar-refractivity contribution >= 4 is 17.2 Å². The molecule has 0 radical (unpaired) electrons. The maximum absolute atomic E-state index is 11.3. The van der Waals surface area contributed by atoms with Gasteiger partial charge in [-0.25, -0.2) is 4.98 Å². The van der Waals surface area contributed by atoms with Gasteiger partial charge in [0.15, 0.2) is 5.71 Å². The Bertz CT molecular complexity index is 1110. The van der Waals surface area contributed by atoms with E-state index in [1.54, 1.807) is 31.2 Å². The molecule has 2 aliphatic heterocycles. The number of pyridine rings is 1. The molecule has 0 bridgehead atoms. The topological polar surface area (TPSA) is 105 Å². The Balaban J connectivity index is 1.56. The summed E-state index contributed by atoms with van der Waals surface area (Å²) >= 11 is 0. The summed E-state index contributed by atoms with van der Waals surface area (Å²) < 4.78 is 0. The third-order valence-electron chi connectivity index (χ3n) is 4.78. The second kappa shape index (κ2) is 6.67. The van der Waals surface area contributed by atoms with Gasteiger partial charge in [0.05, 0.1) is 23.1 Å². The van der Waals surface area contributed by atoms with Gasteiger partial charge in [-0.2, -0.15) is 5.26 Å². The van der Waals surface area contributed by atoms with Crippen molar-refractivity contribution in [1.82, 2.24) is 4.98 Å². The predicted octanol–water partition coefficient (Wildman–Crippen LogP) is 2.56. The lowest BCUT2D eigenvalue weighted by Crippen LogP contribution is -2.49. The lowest BCUT2D eigenvalue weighted by atomic mass is 9.94. The minimum Gasteiger partial charge on any atom is -0.379 e. The normalized spacial score (nSPS) is 19.7. The molecule has 3 heterocycles. The third-order valence-corrected chi connectivity index (χ3v) is 4.78. The van der Waals surface area contributed by atoms with E-state index in [2.05, 4.69) is 28.0 Å². The van der Waals surface area contributed by atoms with Crippen molar-refractivity contribution in [2.24, 2.45) is 5.16 Å². The molecule has 2 aliphatic rings. The minimum atomic E-state index is -0.668. The summed E-state index contributed by atoms with van der Waals surface area (Å²) in [5.74, 6) is 6.38. The van der Waals surface area contributed by atoms with Crippen molar-refractivity contribution in [3.05, 3.63) is 63.3 Å². The molecule has 1 aromatic carbocycles. The fourth-order valence-electron chi connectivity index (χ4n) is 3.30. The number of aromatic nitrogens is 1. The zero-order valence-corrected chi connectivity index (χ0v) is 15.0. The molecule has 1 unspecified atom stereocenters. The molecule has 0 saturated carbocycles. The highest BCUT2D eigenvalue weighted by atomic mass is 16.7. The third kappa shape index (κ3) is 3.01. The summed E-state index contributed by atoms with van der Waals surface area (Å²) in [6.45, 7) is 2.75. The Hall–Kier alpha value is -3.91. The summed E-state index contributed by atoms with van der Waals surface area (Å²) in [6.07, 6.45) is 0.617.